The number of nitrogen functional groups attached to an aromatic ring is 1. The molecule has 1 amide bonds. The minimum absolute atomic E-state index is 0.0178. The first kappa shape index (κ1) is 11.5. The zero-order valence-corrected chi connectivity index (χ0v) is 9.63. The molecule has 0 unspecified atom stereocenters. The van der Waals surface area contributed by atoms with Gasteiger partial charge in [-0.1, -0.05) is 0 Å². The van der Waals surface area contributed by atoms with E-state index < -0.39 is 11.7 Å². The molecule has 0 fully saturated rings. The maximum Gasteiger partial charge on any atom is 0.254 e. The zero-order chi connectivity index (χ0) is 12.3. The van der Waals surface area contributed by atoms with Gasteiger partial charge in [-0.2, -0.15) is 0 Å². The summed E-state index contributed by atoms with van der Waals surface area (Å²) in [6.45, 7) is 0.292. The molecule has 0 saturated heterocycles. The van der Waals surface area contributed by atoms with Gasteiger partial charge >= 0.3 is 0 Å². The monoisotopic (exact) mass is 251 g/mol. The van der Waals surface area contributed by atoms with E-state index in [1.165, 1.54) is 23.5 Å². The molecule has 2 aromatic rings. The van der Waals surface area contributed by atoms with Crippen LogP contribution in [0.3, 0.4) is 0 Å². The summed E-state index contributed by atoms with van der Waals surface area (Å²) in [5.41, 5.74) is 5.67. The number of rotatable bonds is 3. The molecule has 0 spiro atoms. The smallest absolute Gasteiger partial charge is 0.254 e. The Morgan fingerprint density at radius 1 is 1.53 bits per heavy atom. The van der Waals surface area contributed by atoms with E-state index in [0.29, 0.717) is 12.2 Å². The number of nitrogens with one attached hydrogen (secondary N) is 1. The fraction of sp³-hybridized carbons (Fsp3) is 0.0909. The molecule has 17 heavy (non-hydrogen) atoms. The number of aromatic nitrogens is 1. The number of thiazole rings is 1. The van der Waals surface area contributed by atoms with Crippen LogP contribution in [-0.2, 0) is 6.54 Å². The lowest BCUT2D eigenvalue weighted by Crippen LogP contribution is -2.23. The average Bonchev–Trinajstić information content (AvgIpc) is 2.78. The Bertz CT molecular complexity index is 528. The molecular weight excluding hydrogens is 241 g/mol. The standard InChI is InChI=1S/C11H10FN3OS/c12-9-5-7(13)1-2-8(9)11(16)15-6-10-14-3-4-17-10/h1-5H,6,13H2,(H,15,16). The lowest BCUT2D eigenvalue weighted by molar-refractivity contribution is 0.0947. The molecule has 0 saturated carbocycles. The second-order valence-electron chi connectivity index (χ2n) is 3.35. The van der Waals surface area contributed by atoms with Gasteiger partial charge in [-0.25, -0.2) is 9.37 Å². The van der Waals surface area contributed by atoms with Crippen LogP contribution in [0.2, 0.25) is 0 Å². The Kier molecular flexibility index (Phi) is 3.34. The summed E-state index contributed by atoms with van der Waals surface area (Å²) in [5.74, 6) is -1.10. The van der Waals surface area contributed by atoms with Crippen molar-refractivity contribution in [2.24, 2.45) is 0 Å². The van der Waals surface area contributed by atoms with Crippen LogP contribution in [0.5, 0.6) is 0 Å². The largest absolute Gasteiger partial charge is 0.399 e. The Morgan fingerprint density at radius 2 is 2.35 bits per heavy atom. The summed E-state index contributed by atoms with van der Waals surface area (Å²) in [4.78, 5) is 15.7. The van der Waals surface area contributed by atoms with E-state index in [1.807, 2.05) is 5.38 Å². The molecular formula is C11H10FN3OS. The molecule has 0 aliphatic carbocycles. The van der Waals surface area contributed by atoms with E-state index in [0.717, 1.165) is 11.1 Å². The SMILES string of the molecule is Nc1ccc(C(=O)NCc2nccs2)c(F)c1. The van der Waals surface area contributed by atoms with Gasteiger partial charge in [0.15, 0.2) is 0 Å². The molecule has 0 radical (unpaired) electrons. The van der Waals surface area contributed by atoms with Crippen LogP contribution in [-0.4, -0.2) is 10.9 Å². The molecule has 2 rings (SSSR count). The third kappa shape index (κ3) is 2.79. The number of carbonyl (C=O) groups excluding carboxylic acids is 1. The van der Waals surface area contributed by atoms with Gasteiger partial charge in [0.2, 0.25) is 0 Å². The lowest BCUT2D eigenvalue weighted by Gasteiger charge is -2.04. The lowest BCUT2D eigenvalue weighted by atomic mass is 10.2. The molecule has 4 nitrogen and oxygen atoms in total. The highest BCUT2D eigenvalue weighted by molar-refractivity contribution is 7.09. The number of anilines is 1. The molecule has 0 aliphatic rings. The van der Waals surface area contributed by atoms with Crippen LogP contribution in [0.25, 0.3) is 0 Å². The fourth-order valence-corrected chi connectivity index (χ4v) is 1.86. The summed E-state index contributed by atoms with van der Waals surface area (Å²) in [6, 6.07) is 3.97. The minimum atomic E-state index is -0.623. The summed E-state index contributed by atoms with van der Waals surface area (Å²) in [6.07, 6.45) is 1.65. The van der Waals surface area contributed by atoms with Crippen LogP contribution in [0.4, 0.5) is 10.1 Å². The number of hydrogen-bond donors (Lipinski definition) is 2. The number of halogens is 1. The molecule has 0 aliphatic heterocycles. The third-order valence-corrected chi connectivity index (χ3v) is 2.90. The normalized spacial score (nSPS) is 10.2. The van der Waals surface area contributed by atoms with E-state index in [1.54, 1.807) is 6.20 Å². The van der Waals surface area contributed by atoms with Crippen molar-refractivity contribution in [3.8, 4) is 0 Å². The number of hydrogen-bond acceptors (Lipinski definition) is 4. The first-order chi connectivity index (χ1) is 8.16. The summed E-state index contributed by atoms with van der Waals surface area (Å²) < 4.78 is 13.4. The summed E-state index contributed by atoms with van der Waals surface area (Å²) in [5, 5.41) is 5.17. The van der Waals surface area contributed by atoms with Crippen molar-refractivity contribution in [1.82, 2.24) is 10.3 Å². The molecule has 3 N–H and O–H groups in total. The Labute approximate surface area is 101 Å². The predicted octanol–water partition coefficient (Wildman–Crippen LogP) is 1.79. The molecule has 6 heteroatoms. The predicted molar refractivity (Wildman–Crippen MR) is 64.1 cm³/mol. The Balaban J connectivity index is 2.04. The van der Waals surface area contributed by atoms with Crippen molar-refractivity contribution >= 4 is 22.9 Å². The van der Waals surface area contributed by atoms with Crippen molar-refractivity contribution in [3.63, 3.8) is 0 Å². The van der Waals surface area contributed by atoms with Gasteiger partial charge in [-0.05, 0) is 18.2 Å². The van der Waals surface area contributed by atoms with Crippen LogP contribution < -0.4 is 11.1 Å². The summed E-state index contributed by atoms with van der Waals surface area (Å²) >= 11 is 1.43. The minimum Gasteiger partial charge on any atom is -0.399 e. The third-order valence-electron chi connectivity index (χ3n) is 2.12. The highest BCUT2D eigenvalue weighted by Crippen LogP contribution is 2.12. The second kappa shape index (κ2) is 4.92. The van der Waals surface area contributed by atoms with Gasteiger partial charge in [0, 0.05) is 17.3 Å². The highest BCUT2D eigenvalue weighted by atomic mass is 32.1. The van der Waals surface area contributed by atoms with Crippen LogP contribution >= 0.6 is 11.3 Å². The van der Waals surface area contributed by atoms with Crippen molar-refractivity contribution in [3.05, 3.63) is 46.2 Å². The van der Waals surface area contributed by atoms with Crippen molar-refractivity contribution < 1.29 is 9.18 Å². The number of nitrogens with two attached hydrogens (primary N) is 1. The van der Waals surface area contributed by atoms with Crippen LogP contribution in [0.15, 0.2) is 29.8 Å². The van der Waals surface area contributed by atoms with Gasteiger partial charge in [-0.3, -0.25) is 4.79 Å². The van der Waals surface area contributed by atoms with Gasteiger partial charge in [0.1, 0.15) is 10.8 Å². The molecule has 1 heterocycles. The maximum atomic E-state index is 13.4. The van der Waals surface area contributed by atoms with Gasteiger partial charge < -0.3 is 11.1 Å². The highest BCUT2D eigenvalue weighted by Gasteiger charge is 2.11. The molecule has 1 aromatic heterocycles. The van der Waals surface area contributed by atoms with Crippen molar-refractivity contribution in [2.45, 2.75) is 6.54 Å². The number of amides is 1. The van der Waals surface area contributed by atoms with E-state index in [9.17, 15) is 9.18 Å². The first-order valence-electron chi connectivity index (χ1n) is 4.88. The van der Waals surface area contributed by atoms with Gasteiger partial charge in [-0.15, -0.1) is 11.3 Å². The number of benzene rings is 1. The van der Waals surface area contributed by atoms with Gasteiger partial charge in [0.05, 0.1) is 12.1 Å². The van der Waals surface area contributed by atoms with Crippen molar-refractivity contribution in [2.75, 3.05) is 5.73 Å². The summed E-state index contributed by atoms with van der Waals surface area (Å²) in [7, 11) is 0. The van der Waals surface area contributed by atoms with E-state index in [-0.39, 0.29) is 5.56 Å². The molecule has 88 valence electrons. The zero-order valence-electron chi connectivity index (χ0n) is 8.81. The fourth-order valence-electron chi connectivity index (χ4n) is 1.31. The second-order valence-corrected chi connectivity index (χ2v) is 4.33. The van der Waals surface area contributed by atoms with Crippen LogP contribution in [0.1, 0.15) is 15.4 Å². The average molecular weight is 251 g/mol. The van der Waals surface area contributed by atoms with Gasteiger partial charge in [0.25, 0.3) is 5.91 Å². The quantitative estimate of drug-likeness (QED) is 0.817. The number of carbonyl (C=O) groups is 1. The van der Waals surface area contributed by atoms with E-state index in [2.05, 4.69) is 10.3 Å². The Morgan fingerprint density at radius 3 is 3.00 bits per heavy atom. The van der Waals surface area contributed by atoms with E-state index in [4.69, 9.17) is 5.73 Å². The van der Waals surface area contributed by atoms with Crippen molar-refractivity contribution in [1.29, 1.82) is 0 Å². The number of nitrogens with zero attached hydrogens (tertiary/aromatic N) is 1. The molecule has 1 aromatic carbocycles. The van der Waals surface area contributed by atoms with E-state index >= 15 is 0 Å². The Hall–Kier alpha value is -1.95. The van der Waals surface area contributed by atoms with Crippen LogP contribution in [0, 0.1) is 5.82 Å². The molecule has 0 atom stereocenters. The maximum absolute atomic E-state index is 13.4. The first-order valence-corrected chi connectivity index (χ1v) is 5.76. The topological polar surface area (TPSA) is 68.0 Å². The molecule has 0 bridgehead atoms.